The molecular weight excluding hydrogens is 396 g/mol. The third-order valence-electron chi connectivity index (χ3n) is 4.46. The Kier molecular flexibility index (Phi) is 25.3. The number of ether oxygens (including phenoxy) is 3. The van der Waals surface area contributed by atoms with Gasteiger partial charge in [0.05, 0.1) is 21.3 Å². The Morgan fingerprint density at radius 1 is 0.656 bits per heavy atom. The number of hydrogen-bond acceptors (Lipinski definition) is 3. The first-order chi connectivity index (χ1) is 15.8. The molecule has 0 saturated heterocycles. The number of methoxy groups -OCH3 is 3. The minimum absolute atomic E-state index is 0.388. The van der Waals surface area contributed by atoms with Gasteiger partial charge >= 0.3 is 0 Å². The van der Waals surface area contributed by atoms with Crippen molar-refractivity contribution in [3.05, 3.63) is 53.1 Å². The lowest BCUT2D eigenvalue weighted by Gasteiger charge is -2.27. The van der Waals surface area contributed by atoms with Gasteiger partial charge in [-0.25, -0.2) is 0 Å². The smallest absolute Gasteiger partial charge is 0.203 e. The van der Waals surface area contributed by atoms with Crippen LogP contribution >= 0.6 is 0 Å². The minimum Gasteiger partial charge on any atom is -0.493 e. The summed E-state index contributed by atoms with van der Waals surface area (Å²) in [7, 11) is 4.96. The number of rotatable bonds is 4. The van der Waals surface area contributed by atoms with Crippen LogP contribution < -0.4 is 14.2 Å². The highest BCUT2D eigenvalue weighted by molar-refractivity contribution is 5.56. The molecule has 0 spiro atoms. The second-order valence-electron chi connectivity index (χ2n) is 5.60. The summed E-state index contributed by atoms with van der Waals surface area (Å²) < 4.78 is 16.4. The molecule has 1 aliphatic rings. The molecule has 0 fully saturated rings. The van der Waals surface area contributed by atoms with Gasteiger partial charge in [0, 0.05) is 5.92 Å². The van der Waals surface area contributed by atoms with Crippen LogP contribution in [0.2, 0.25) is 0 Å². The van der Waals surface area contributed by atoms with Crippen molar-refractivity contribution in [2.45, 2.75) is 94.4 Å². The molecule has 3 heteroatoms. The summed E-state index contributed by atoms with van der Waals surface area (Å²) >= 11 is 0. The molecule has 3 nitrogen and oxygen atoms in total. The minimum atomic E-state index is 0.388. The molecule has 32 heavy (non-hydrogen) atoms. The first kappa shape index (κ1) is 34.5. The second kappa shape index (κ2) is 23.5. The zero-order valence-electron chi connectivity index (χ0n) is 23.4. The molecule has 0 heterocycles. The molecule has 0 aliphatic heterocycles. The van der Waals surface area contributed by atoms with Crippen LogP contribution in [0.4, 0.5) is 0 Å². The molecule has 0 radical (unpaired) electrons. The summed E-state index contributed by atoms with van der Waals surface area (Å²) in [4.78, 5) is 0. The van der Waals surface area contributed by atoms with Crippen LogP contribution in [-0.2, 0) is 6.42 Å². The third-order valence-corrected chi connectivity index (χ3v) is 4.46. The molecule has 2 aromatic carbocycles. The fourth-order valence-corrected chi connectivity index (χ4v) is 3.40. The zero-order chi connectivity index (χ0) is 25.5. The van der Waals surface area contributed by atoms with Gasteiger partial charge in [0.25, 0.3) is 0 Å². The summed E-state index contributed by atoms with van der Waals surface area (Å²) in [5, 5.41) is 0. The maximum atomic E-state index is 5.49. The van der Waals surface area contributed by atoms with Crippen molar-refractivity contribution < 1.29 is 14.2 Å². The molecule has 2 aromatic rings. The summed E-state index contributed by atoms with van der Waals surface area (Å²) in [5.74, 6) is 2.48. The molecule has 0 N–H and O–H groups in total. The molecule has 0 amide bonds. The highest BCUT2D eigenvalue weighted by Crippen LogP contribution is 2.44. The average molecular weight is 449 g/mol. The predicted octanol–water partition coefficient (Wildman–Crippen LogP) is 9.31. The lowest BCUT2D eigenvalue weighted by Crippen LogP contribution is -2.11. The Hall–Kier alpha value is -2.16. The summed E-state index contributed by atoms with van der Waals surface area (Å²) in [6.07, 6.45) is 3.52. The van der Waals surface area contributed by atoms with Crippen molar-refractivity contribution in [3.8, 4) is 17.2 Å². The normalized spacial score (nSPS) is 12.5. The average Bonchev–Trinajstić information content (AvgIpc) is 2.93. The van der Waals surface area contributed by atoms with E-state index in [0.717, 1.165) is 24.3 Å². The van der Waals surface area contributed by atoms with E-state index < -0.39 is 0 Å². The van der Waals surface area contributed by atoms with Gasteiger partial charge in [0.2, 0.25) is 5.75 Å². The highest BCUT2D eigenvalue weighted by Gasteiger charge is 2.24. The third kappa shape index (κ3) is 9.97. The topological polar surface area (TPSA) is 27.7 Å². The fourth-order valence-electron chi connectivity index (χ4n) is 3.40. The molecule has 0 unspecified atom stereocenters. The monoisotopic (exact) mass is 448 g/mol. The Bertz CT molecular complexity index is 640. The van der Waals surface area contributed by atoms with Crippen molar-refractivity contribution in [3.63, 3.8) is 0 Å². The van der Waals surface area contributed by atoms with Gasteiger partial charge in [0.15, 0.2) is 11.5 Å². The summed E-state index contributed by atoms with van der Waals surface area (Å²) in [5.41, 5.74) is 4.09. The molecule has 0 bridgehead atoms. The van der Waals surface area contributed by atoms with Crippen LogP contribution in [0, 0.1) is 0 Å². The maximum absolute atomic E-state index is 5.49. The molecule has 186 valence electrons. The van der Waals surface area contributed by atoms with E-state index in [1.165, 1.54) is 23.1 Å². The van der Waals surface area contributed by atoms with Gasteiger partial charge in [-0.2, -0.15) is 0 Å². The van der Waals surface area contributed by atoms with Crippen LogP contribution in [-0.4, -0.2) is 21.3 Å². The Balaban J connectivity index is -0.000000744. The van der Waals surface area contributed by atoms with E-state index in [1.54, 1.807) is 21.3 Å². The van der Waals surface area contributed by atoms with Crippen molar-refractivity contribution >= 4 is 0 Å². The SMILES string of the molecule is CC.CC.CC.CC.CC.COc1cc([C@H]2CCCc3ccccc32)cc(OC)c1OC. The largest absolute Gasteiger partial charge is 0.493 e. The van der Waals surface area contributed by atoms with Crippen molar-refractivity contribution in [1.29, 1.82) is 0 Å². The van der Waals surface area contributed by atoms with Gasteiger partial charge in [-0.05, 0) is 48.1 Å². The molecule has 1 atom stereocenters. The molecule has 1 aliphatic carbocycles. The highest BCUT2D eigenvalue weighted by atomic mass is 16.5. The fraction of sp³-hybridized carbons (Fsp3) is 0.586. The first-order valence-corrected chi connectivity index (χ1v) is 12.7. The van der Waals surface area contributed by atoms with Crippen molar-refractivity contribution in [1.82, 2.24) is 0 Å². The first-order valence-electron chi connectivity index (χ1n) is 12.7. The zero-order valence-corrected chi connectivity index (χ0v) is 23.4. The van der Waals surface area contributed by atoms with Crippen LogP contribution in [0.5, 0.6) is 17.2 Å². The van der Waals surface area contributed by atoms with E-state index in [4.69, 9.17) is 14.2 Å². The van der Waals surface area contributed by atoms with E-state index in [0.29, 0.717) is 11.7 Å². The van der Waals surface area contributed by atoms with Crippen LogP contribution in [0.25, 0.3) is 0 Å². The van der Waals surface area contributed by atoms with Crippen LogP contribution in [0.15, 0.2) is 36.4 Å². The van der Waals surface area contributed by atoms with Crippen LogP contribution in [0.1, 0.15) is 105 Å². The predicted molar refractivity (Wildman–Crippen MR) is 144 cm³/mol. The van der Waals surface area contributed by atoms with E-state index in [-0.39, 0.29) is 0 Å². The van der Waals surface area contributed by atoms with E-state index in [1.807, 2.05) is 69.2 Å². The van der Waals surface area contributed by atoms with E-state index in [2.05, 4.69) is 36.4 Å². The van der Waals surface area contributed by atoms with Gasteiger partial charge < -0.3 is 14.2 Å². The number of hydrogen-bond donors (Lipinski definition) is 0. The van der Waals surface area contributed by atoms with E-state index >= 15 is 0 Å². The van der Waals surface area contributed by atoms with E-state index in [9.17, 15) is 0 Å². The molecule has 0 saturated carbocycles. The lowest BCUT2D eigenvalue weighted by molar-refractivity contribution is 0.323. The van der Waals surface area contributed by atoms with Crippen molar-refractivity contribution in [2.75, 3.05) is 21.3 Å². The van der Waals surface area contributed by atoms with Gasteiger partial charge in [-0.3, -0.25) is 0 Å². The Morgan fingerprint density at radius 3 is 1.56 bits per heavy atom. The molecular formula is C29H52O3. The summed E-state index contributed by atoms with van der Waals surface area (Å²) in [6.45, 7) is 20.0. The quantitative estimate of drug-likeness (QED) is 0.466. The number of benzene rings is 2. The molecule has 0 aromatic heterocycles. The van der Waals surface area contributed by atoms with Gasteiger partial charge in [-0.1, -0.05) is 93.5 Å². The van der Waals surface area contributed by atoms with Crippen molar-refractivity contribution in [2.24, 2.45) is 0 Å². The number of aryl methyl sites for hydroxylation is 1. The van der Waals surface area contributed by atoms with Gasteiger partial charge in [-0.15, -0.1) is 0 Å². The Morgan fingerprint density at radius 2 is 1.12 bits per heavy atom. The lowest BCUT2D eigenvalue weighted by atomic mass is 9.79. The maximum Gasteiger partial charge on any atom is 0.203 e. The van der Waals surface area contributed by atoms with Gasteiger partial charge in [0.1, 0.15) is 0 Å². The second-order valence-corrected chi connectivity index (χ2v) is 5.60. The standard InChI is InChI=1S/C19H22O3.5C2H6/c1-20-17-11-14(12-18(21-2)19(17)22-3)16-10-6-8-13-7-4-5-9-15(13)16;5*1-2/h4-5,7,9,11-12,16H,6,8,10H2,1-3H3;5*1-2H3/t16-;;;;;/m1...../s1. The van der Waals surface area contributed by atoms with Crippen LogP contribution in [0.3, 0.4) is 0 Å². The summed E-state index contributed by atoms with van der Waals surface area (Å²) in [6, 6.07) is 12.9. The Labute approximate surface area is 200 Å². The molecule has 3 rings (SSSR count). The number of fused-ring (bicyclic) bond motifs is 1.